The van der Waals surface area contributed by atoms with Crippen LogP contribution in [0.2, 0.25) is 0 Å². The monoisotopic (exact) mass is 290 g/mol. The summed E-state index contributed by atoms with van der Waals surface area (Å²) in [5, 5.41) is 33.1. The molecule has 0 spiro atoms. The van der Waals surface area contributed by atoms with Crippen LogP contribution in [0.1, 0.15) is 51.9 Å². The van der Waals surface area contributed by atoms with Gasteiger partial charge < -0.3 is 20.4 Å². The lowest BCUT2D eigenvalue weighted by Gasteiger charge is -2.35. The van der Waals surface area contributed by atoms with Crippen LogP contribution in [-0.2, 0) is 9.59 Å². The zero-order valence-electron chi connectivity index (χ0n) is 12.0. The number of hydrogen-bond donors (Lipinski definition) is 4. The van der Waals surface area contributed by atoms with Crippen LogP contribution in [0.3, 0.4) is 0 Å². The second-order valence-corrected chi connectivity index (χ2v) is 5.46. The van der Waals surface area contributed by atoms with Crippen molar-refractivity contribution in [1.82, 2.24) is 0 Å². The van der Waals surface area contributed by atoms with Crippen LogP contribution >= 0.6 is 0 Å². The van der Waals surface area contributed by atoms with E-state index in [1.54, 1.807) is 0 Å². The Bertz CT molecular complexity index is 292. The number of aliphatic hydroxyl groups excluding tert-OH is 2. The fourth-order valence-corrected chi connectivity index (χ4v) is 2.46. The molecule has 0 aliphatic heterocycles. The third-order valence-corrected chi connectivity index (χ3v) is 3.83. The SMILES string of the molecule is CC1CCC(CCCC(=O)O)(C(=O)O)CC1.OCCO. The number of rotatable bonds is 6. The number of carboxylic acids is 2. The van der Waals surface area contributed by atoms with Gasteiger partial charge in [0.05, 0.1) is 18.6 Å². The van der Waals surface area contributed by atoms with Crippen LogP contribution in [-0.4, -0.2) is 45.6 Å². The van der Waals surface area contributed by atoms with Gasteiger partial charge in [0.2, 0.25) is 0 Å². The van der Waals surface area contributed by atoms with Crippen LogP contribution in [0.15, 0.2) is 0 Å². The summed E-state index contributed by atoms with van der Waals surface area (Å²) in [7, 11) is 0. The molecule has 6 nitrogen and oxygen atoms in total. The molecule has 1 aliphatic carbocycles. The molecule has 0 radical (unpaired) electrons. The predicted molar refractivity (Wildman–Crippen MR) is 73.4 cm³/mol. The fourth-order valence-electron chi connectivity index (χ4n) is 2.46. The summed E-state index contributed by atoms with van der Waals surface area (Å²) < 4.78 is 0. The minimum absolute atomic E-state index is 0.0740. The molecule has 4 N–H and O–H groups in total. The smallest absolute Gasteiger partial charge is 0.309 e. The third kappa shape index (κ3) is 6.86. The lowest BCUT2D eigenvalue weighted by Crippen LogP contribution is -2.35. The fraction of sp³-hybridized carbons (Fsp3) is 0.857. The van der Waals surface area contributed by atoms with Gasteiger partial charge in [-0.2, -0.15) is 0 Å². The maximum atomic E-state index is 11.3. The van der Waals surface area contributed by atoms with Crippen molar-refractivity contribution in [2.75, 3.05) is 13.2 Å². The normalized spacial score (nSPS) is 25.4. The van der Waals surface area contributed by atoms with Crippen molar-refractivity contribution < 1.29 is 30.0 Å². The highest BCUT2D eigenvalue weighted by molar-refractivity contribution is 5.75. The third-order valence-electron chi connectivity index (χ3n) is 3.83. The average molecular weight is 290 g/mol. The maximum absolute atomic E-state index is 11.3. The Morgan fingerprint density at radius 3 is 1.95 bits per heavy atom. The van der Waals surface area contributed by atoms with Gasteiger partial charge in [-0.05, 0) is 44.4 Å². The number of aliphatic hydroxyl groups is 2. The van der Waals surface area contributed by atoms with Gasteiger partial charge in [-0.15, -0.1) is 0 Å². The Hall–Kier alpha value is -1.14. The topological polar surface area (TPSA) is 115 Å². The summed E-state index contributed by atoms with van der Waals surface area (Å²) >= 11 is 0. The lowest BCUT2D eigenvalue weighted by atomic mass is 9.68. The van der Waals surface area contributed by atoms with E-state index in [1.165, 1.54) is 0 Å². The summed E-state index contributed by atoms with van der Waals surface area (Å²) in [4.78, 5) is 21.7. The first-order valence-corrected chi connectivity index (χ1v) is 7.05. The van der Waals surface area contributed by atoms with Crippen molar-refractivity contribution in [1.29, 1.82) is 0 Å². The maximum Gasteiger partial charge on any atom is 0.309 e. The van der Waals surface area contributed by atoms with Crippen molar-refractivity contribution in [3.63, 3.8) is 0 Å². The van der Waals surface area contributed by atoms with Gasteiger partial charge in [-0.1, -0.05) is 6.92 Å². The molecule has 1 fully saturated rings. The largest absolute Gasteiger partial charge is 0.481 e. The van der Waals surface area contributed by atoms with Crippen molar-refractivity contribution >= 4 is 11.9 Å². The molecule has 0 unspecified atom stereocenters. The van der Waals surface area contributed by atoms with Crippen molar-refractivity contribution in [2.45, 2.75) is 51.9 Å². The van der Waals surface area contributed by atoms with E-state index in [9.17, 15) is 14.7 Å². The molecule has 1 rings (SSSR count). The van der Waals surface area contributed by atoms with E-state index in [0.29, 0.717) is 31.6 Å². The zero-order chi connectivity index (χ0) is 15.6. The first-order chi connectivity index (χ1) is 9.38. The van der Waals surface area contributed by atoms with E-state index in [2.05, 4.69) is 6.92 Å². The van der Waals surface area contributed by atoms with Gasteiger partial charge in [0.25, 0.3) is 0 Å². The molecule has 6 heteroatoms. The Kier molecular flexibility index (Phi) is 9.16. The van der Waals surface area contributed by atoms with Crippen LogP contribution < -0.4 is 0 Å². The Morgan fingerprint density at radius 1 is 1.10 bits per heavy atom. The van der Waals surface area contributed by atoms with Crippen LogP contribution in [0.25, 0.3) is 0 Å². The molecule has 0 atom stereocenters. The minimum Gasteiger partial charge on any atom is -0.481 e. The van der Waals surface area contributed by atoms with E-state index < -0.39 is 17.4 Å². The minimum atomic E-state index is -0.843. The summed E-state index contributed by atoms with van der Waals surface area (Å²) in [6.07, 6.45) is 4.33. The Labute approximate surface area is 119 Å². The molecule has 118 valence electrons. The first-order valence-electron chi connectivity index (χ1n) is 7.05. The van der Waals surface area contributed by atoms with E-state index in [4.69, 9.17) is 15.3 Å². The zero-order valence-corrected chi connectivity index (χ0v) is 12.0. The molecule has 0 aromatic rings. The second-order valence-electron chi connectivity index (χ2n) is 5.46. The highest BCUT2D eigenvalue weighted by atomic mass is 16.4. The van der Waals surface area contributed by atoms with Gasteiger partial charge in [-0.3, -0.25) is 9.59 Å². The molecule has 0 amide bonds. The summed E-state index contributed by atoms with van der Waals surface area (Å²) in [6.45, 7) is 1.89. The van der Waals surface area contributed by atoms with Crippen LogP contribution in [0, 0.1) is 11.3 Å². The molecule has 1 aliphatic rings. The summed E-state index contributed by atoms with van der Waals surface area (Å²) in [6, 6.07) is 0. The van der Waals surface area contributed by atoms with E-state index in [1.807, 2.05) is 0 Å². The van der Waals surface area contributed by atoms with Gasteiger partial charge in [0.15, 0.2) is 0 Å². The molecular weight excluding hydrogens is 264 g/mol. The van der Waals surface area contributed by atoms with E-state index >= 15 is 0 Å². The molecule has 0 heterocycles. The van der Waals surface area contributed by atoms with Gasteiger partial charge in [0, 0.05) is 6.42 Å². The van der Waals surface area contributed by atoms with Crippen molar-refractivity contribution in [3.8, 4) is 0 Å². The Morgan fingerprint density at radius 2 is 1.60 bits per heavy atom. The molecule has 0 bridgehead atoms. The summed E-state index contributed by atoms with van der Waals surface area (Å²) in [5.74, 6) is -0.985. The second kappa shape index (κ2) is 9.72. The van der Waals surface area contributed by atoms with Gasteiger partial charge in [-0.25, -0.2) is 0 Å². The number of aliphatic carboxylic acids is 2. The Balaban J connectivity index is 0.000000796. The standard InChI is InChI=1S/C12H20O4.C2H6O2/c1-9-4-7-12(8-5-9,11(15)16)6-2-3-10(13)14;3-1-2-4/h9H,2-8H2,1H3,(H,13,14)(H,15,16);3-4H,1-2H2. The summed E-state index contributed by atoms with van der Waals surface area (Å²) in [5.41, 5.74) is -0.651. The number of hydrogen-bond acceptors (Lipinski definition) is 4. The van der Waals surface area contributed by atoms with Crippen LogP contribution in [0.5, 0.6) is 0 Å². The van der Waals surface area contributed by atoms with Gasteiger partial charge >= 0.3 is 11.9 Å². The number of carbonyl (C=O) groups is 2. The average Bonchev–Trinajstić information content (AvgIpc) is 2.41. The highest BCUT2D eigenvalue weighted by Gasteiger charge is 2.40. The molecule has 20 heavy (non-hydrogen) atoms. The molecule has 1 saturated carbocycles. The van der Waals surface area contributed by atoms with E-state index in [0.717, 1.165) is 12.8 Å². The van der Waals surface area contributed by atoms with E-state index in [-0.39, 0.29) is 19.6 Å². The first kappa shape index (κ1) is 18.9. The molecule has 0 aromatic heterocycles. The van der Waals surface area contributed by atoms with Crippen molar-refractivity contribution in [3.05, 3.63) is 0 Å². The quantitative estimate of drug-likeness (QED) is 0.589. The molecule has 0 aromatic carbocycles. The molecular formula is C14H26O6. The molecule has 0 saturated heterocycles. The van der Waals surface area contributed by atoms with Crippen LogP contribution in [0.4, 0.5) is 0 Å². The highest BCUT2D eigenvalue weighted by Crippen LogP contribution is 2.42. The van der Waals surface area contributed by atoms with Gasteiger partial charge in [0.1, 0.15) is 0 Å². The predicted octanol–water partition coefficient (Wildman–Crippen LogP) is 1.49. The number of carboxylic acid groups (broad SMARTS) is 2. The lowest BCUT2D eigenvalue weighted by molar-refractivity contribution is -0.152. The van der Waals surface area contributed by atoms with Crippen molar-refractivity contribution in [2.24, 2.45) is 11.3 Å².